The molecule has 0 saturated carbocycles. The number of benzene rings is 10. The maximum absolute atomic E-state index is 11.4. The molecule has 0 unspecified atom stereocenters. The van der Waals surface area contributed by atoms with Crippen molar-refractivity contribution >= 4 is 115 Å². The van der Waals surface area contributed by atoms with E-state index in [1.807, 2.05) is 18.6 Å². The van der Waals surface area contributed by atoms with Crippen LogP contribution < -0.4 is 0 Å². The molecule has 0 bridgehead atoms. The Labute approximate surface area is 937 Å². The Morgan fingerprint density at radius 1 is 0.282 bits per heavy atom. The SMILES string of the molecule is CC(=Nc1c(C(C)C)cccc1C(C)C)C(C)=Nc1c(C(C)C)cccc1C(C)C.CC(=O)C=C(C)O.CC(C)c1cccc(C(C)C)c1N=CC=Nc1c(C(C)C)cccc1C(C)C.CC(C=Nc1c(C(C)C)cccc1C(C)C)=Nc1c(C(C)C)cccc1C(C)C.Cc1cccc(C)c1N=C1C(=Nc2c(C)cccc2C)c2cccc3cccc1c23.O=C(C=C(O)C(F)(F)F)C(F)(F)F.[CH3-].[CH3-].[CH3-].[CH3-].[CH3-].[CH3-].[CH3-].[CH3-].[Ni+2].[Ni+2].[Ni+2].[Ni+2]. The fourth-order valence-corrected chi connectivity index (χ4v) is 16.0. The van der Waals surface area contributed by atoms with Gasteiger partial charge in [0.15, 0.2) is 5.78 Å². The Bertz CT molecular complexity index is 5720. The van der Waals surface area contributed by atoms with Gasteiger partial charge in [-0.2, -0.15) is 26.3 Å². The molecule has 12 nitrogen and oxygen atoms in total. The summed E-state index contributed by atoms with van der Waals surface area (Å²) in [7, 11) is 0. The third kappa shape index (κ3) is 43.5. The zero-order chi connectivity index (χ0) is 103. The maximum atomic E-state index is 11.4. The first-order valence-corrected chi connectivity index (χ1v) is 48.0. The molecule has 149 heavy (non-hydrogen) atoms. The standard InChI is InChI=1S/C28H24N2.C28H40N2.C27H38N2.C26H36N2.C5H2F6O2.C5H8O2.8CH3.4Ni/c1-17-9-5-10-18(2)25(17)29-27-22-15-7-13-21-14-8-16-23(24(21)22)28(27)30-26-19(3)11-6-12-20(26)4;1-17(2)23-13-11-14-24(18(3)4)27(23)29-21(9)22(10)30-28-25(19(5)6)15-12-16-26(28)20(7)8;1-17(2)22-12-10-13-23(18(3)4)26(22)28-16-21(9)29-27-24(19(5)6)14-11-15-25(27)20(7)8;1-17(2)21-11-9-12-22(18(3)4)25(21)27-15-16-28-26-23(19(5)6)13-10-14-24(26)20(7)8;6-4(7,8)2(12)1-3(13)5(9,10)11;1-4(6)3-5(2)7;;;;;;;;;;;;/h5-16H,1-4H3;11-20H,1-10H3;10-20H,1-9H3;9-20H,1-8H3;1,12H;3,6H,1-2H3;8*1H3;;;;/q;;;;;;8*-1;4*+2. The molecule has 2 N–H and O–H groups in total. The van der Waals surface area contributed by atoms with Gasteiger partial charge in [0.1, 0.15) is 0 Å². The molecule has 10 aromatic rings. The van der Waals surface area contributed by atoms with Crippen molar-refractivity contribution in [1.29, 1.82) is 0 Å². The van der Waals surface area contributed by atoms with Crippen LogP contribution in [0.4, 0.5) is 71.8 Å². The number of rotatable bonds is 25. The molecule has 0 radical (unpaired) electrons. The number of alkyl halides is 6. The summed E-state index contributed by atoms with van der Waals surface area (Å²) in [6, 6.07) is 64.9. The molecule has 22 heteroatoms. The molecule has 10 aromatic carbocycles. The molecular weight excluding hydrogens is 2050 g/mol. The fourth-order valence-electron chi connectivity index (χ4n) is 16.0. The van der Waals surface area contributed by atoms with Crippen molar-refractivity contribution in [2.45, 2.75) is 312 Å². The third-order valence-electron chi connectivity index (χ3n) is 23.5. The summed E-state index contributed by atoms with van der Waals surface area (Å²) in [5, 5.41) is 18.8. The molecule has 0 amide bonds. The molecule has 0 fully saturated rings. The van der Waals surface area contributed by atoms with Gasteiger partial charge in [0.05, 0.1) is 79.8 Å². The number of carbonyl (C=O) groups is 2. The summed E-state index contributed by atoms with van der Waals surface area (Å²) in [6.45, 7) is 71.1. The number of ketones is 2. The summed E-state index contributed by atoms with van der Waals surface area (Å²) < 4.78 is 68.1. The number of nitrogens with zero attached hydrogens (tertiary/aromatic N) is 8. The predicted octanol–water partition coefficient (Wildman–Crippen LogP) is 40.1. The van der Waals surface area contributed by atoms with E-state index in [4.69, 9.17) is 50.2 Å². The normalized spacial score (nSPS) is 12.5. The van der Waals surface area contributed by atoms with Crippen LogP contribution in [0.25, 0.3) is 10.8 Å². The minimum atomic E-state index is -5.42. The molecule has 11 rings (SSSR count). The van der Waals surface area contributed by atoms with Crippen molar-refractivity contribution in [1.82, 2.24) is 0 Å². The molecule has 826 valence electrons. The van der Waals surface area contributed by atoms with Crippen molar-refractivity contribution in [3.05, 3.63) is 365 Å². The third-order valence-corrected chi connectivity index (χ3v) is 23.5. The second-order valence-corrected chi connectivity index (χ2v) is 38.9. The molecule has 0 heterocycles. The van der Waals surface area contributed by atoms with Crippen molar-refractivity contribution < 1.29 is 112 Å². The van der Waals surface area contributed by atoms with E-state index < -0.39 is 30.0 Å². The number of carbonyl (C=O) groups excluding carboxylic acids is 2. The number of para-hydroxylation sites is 8. The average Bonchev–Trinajstić information content (AvgIpc) is 1.58. The minimum Gasteiger partial charge on any atom is -0.512 e. The second kappa shape index (κ2) is 70.1. The van der Waals surface area contributed by atoms with Crippen molar-refractivity contribution in [3.8, 4) is 0 Å². The van der Waals surface area contributed by atoms with E-state index in [2.05, 4.69) is 397 Å². The van der Waals surface area contributed by atoms with Gasteiger partial charge in [0, 0.05) is 47.3 Å². The van der Waals surface area contributed by atoms with Crippen LogP contribution >= 0.6 is 0 Å². The van der Waals surface area contributed by atoms with Gasteiger partial charge in [-0.05, 0) is 228 Å². The summed E-state index contributed by atoms with van der Waals surface area (Å²) in [5.41, 5.74) is 36.2. The molecule has 0 saturated heterocycles. The monoisotopic (exact) mass is 2220 g/mol. The molecule has 1 aliphatic carbocycles. The average molecular weight is 2220 g/mol. The number of aliphatic imine (C=N–C) groups is 8. The first kappa shape index (κ1) is 152. The largest absolute Gasteiger partial charge is 2.00 e. The maximum Gasteiger partial charge on any atom is 2.00 e. The minimum absolute atomic E-state index is 0. The topological polar surface area (TPSA) is 173 Å². The zero-order valence-electron chi connectivity index (χ0n) is 96.5. The Hall–Kier alpha value is -10.2. The number of aliphatic hydroxyl groups is 2. The van der Waals surface area contributed by atoms with Crippen LogP contribution in [0.15, 0.2) is 246 Å². The van der Waals surface area contributed by atoms with Crippen LogP contribution in [-0.2, 0) is 75.6 Å². The van der Waals surface area contributed by atoms with Crippen LogP contribution in [0.5, 0.6) is 0 Å². The summed E-state index contributed by atoms with van der Waals surface area (Å²) in [5.74, 6) is -0.156. The second-order valence-electron chi connectivity index (χ2n) is 38.9. The summed E-state index contributed by atoms with van der Waals surface area (Å²) >= 11 is 0. The first-order chi connectivity index (χ1) is 64.1. The molecule has 0 aromatic heterocycles. The van der Waals surface area contributed by atoms with E-state index in [1.165, 1.54) is 120 Å². The number of aliphatic hydroxyl groups excluding tert-OH is 2. The van der Waals surface area contributed by atoms with E-state index in [9.17, 15) is 35.9 Å². The van der Waals surface area contributed by atoms with Crippen molar-refractivity contribution in [2.24, 2.45) is 39.9 Å². The van der Waals surface area contributed by atoms with Gasteiger partial charge in [-0.3, -0.25) is 39.5 Å². The Kier molecular flexibility index (Phi) is 71.4. The summed E-state index contributed by atoms with van der Waals surface area (Å²) in [4.78, 5) is 60.2. The molecular formula is C127H172F6N8Ni4O4. The first-order valence-electron chi connectivity index (χ1n) is 48.0. The number of allylic oxidation sites excluding steroid dienone is 4. The van der Waals surface area contributed by atoms with Crippen LogP contribution in [0, 0.1) is 87.1 Å². The van der Waals surface area contributed by atoms with Gasteiger partial charge < -0.3 is 69.6 Å². The number of halogens is 6. The smallest absolute Gasteiger partial charge is 0.512 e. The predicted molar refractivity (Wildman–Crippen MR) is 625 cm³/mol. The van der Waals surface area contributed by atoms with Crippen molar-refractivity contribution in [3.63, 3.8) is 0 Å². The van der Waals surface area contributed by atoms with Crippen LogP contribution in [0.1, 0.15) is 372 Å². The van der Waals surface area contributed by atoms with Gasteiger partial charge in [-0.15, -0.1) is 0 Å². The van der Waals surface area contributed by atoms with Crippen LogP contribution in [-0.4, -0.2) is 81.3 Å². The molecule has 0 aliphatic heterocycles. The van der Waals surface area contributed by atoms with Gasteiger partial charge in [-0.25, -0.2) is 9.98 Å². The fraction of sp³-hybridized carbons (Fsp3) is 0.370. The number of hydrogen-bond donors (Lipinski definition) is 2. The van der Waals surface area contributed by atoms with Crippen LogP contribution in [0.2, 0.25) is 0 Å². The zero-order valence-corrected chi connectivity index (χ0v) is 100. The Morgan fingerprint density at radius 3 is 0.705 bits per heavy atom. The van der Waals surface area contributed by atoms with Crippen LogP contribution in [0.3, 0.4) is 0 Å². The summed E-state index contributed by atoms with van der Waals surface area (Å²) in [6.07, 6.45) is -4.86. The van der Waals surface area contributed by atoms with Crippen molar-refractivity contribution in [2.75, 3.05) is 0 Å². The van der Waals surface area contributed by atoms with E-state index in [1.54, 1.807) is 0 Å². The Balaban J connectivity index is -0.000000331. The molecule has 0 atom stereocenters. The van der Waals surface area contributed by atoms with Gasteiger partial charge in [-0.1, -0.05) is 348 Å². The van der Waals surface area contributed by atoms with E-state index in [0.29, 0.717) is 71.0 Å². The van der Waals surface area contributed by atoms with Gasteiger partial charge in [0.25, 0.3) is 5.78 Å². The number of hydrogen-bond acceptors (Lipinski definition) is 12. The Morgan fingerprint density at radius 2 is 0.497 bits per heavy atom. The molecule has 0 spiro atoms. The van der Waals surface area contributed by atoms with Gasteiger partial charge in [0.2, 0.25) is 5.76 Å². The van der Waals surface area contributed by atoms with Gasteiger partial charge >= 0.3 is 78.3 Å². The van der Waals surface area contributed by atoms with E-state index >= 15 is 0 Å². The quantitative estimate of drug-likeness (QED) is 0.0145. The molecule has 1 aliphatic rings. The number of aryl methyl sites for hydroxylation is 4. The van der Waals surface area contributed by atoms with E-state index in [0.717, 1.165) is 85.2 Å². The van der Waals surface area contributed by atoms with E-state index in [-0.39, 0.29) is 137 Å².